The normalized spacial score (nSPS) is 13.5. The number of fused-ring (bicyclic) bond motifs is 1. The third kappa shape index (κ3) is 4.76. The summed E-state index contributed by atoms with van der Waals surface area (Å²) in [5, 5.41) is 6.17. The van der Waals surface area contributed by atoms with E-state index in [0.29, 0.717) is 40.7 Å². The van der Waals surface area contributed by atoms with Gasteiger partial charge in [-0.25, -0.2) is 18.0 Å². The van der Waals surface area contributed by atoms with Crippen LogP contribution in [0.2, 0.25) is 0 Å². The van der Waals surface area contributed by atoms with Crippen LogP contribution in [0.25, 0.3) is 5.69 Å². The summed E-state index contributed by atoms with van der Waals surface area (Å²) < 4.78 is 87.7. The number of aromatic nitrogens is 3. The molecule has 2 heterocycles. The summed E-state index contributed by atoms with van der Waals surface area (Å²) in [6.07, 6.45) is -4.15. The summed E-state index contributed by atoms with van der Waals surface area (Å²) in [6.45, 7) is -1.52. The van der Waals surface area contributed by atoms with Gasteiger partial charge in [-0.3, -0.25) is 9.36 Å². The molecule has 34 heavy (non-hydrogen) atoms. The summed E-state index contributed by atoms with van der Waals surface area (Å²) in [7, 11) is 0. The lowest BCUT2D eigenvalue weighted by atomic mass is 10.1. The van der Waals surface area contributed by atoms with Crippen LogP contribution in [0.5, 0.6) is 5.75 Å². The second-order valence-corrected chi connectivity index (χ2v) is 8.15. The zero-order valence-electron chi connectivity index (χ0n) is 17.0. The van der Waals surface area contributed by atoms with Gasteiger partial charge in [-0.05, 0) is 24.6 Å². The fraction of sp³-hybridized carbons (Fsp3) is 0.250. The Bertz CT molecular complexity index is 1300. The first-order valence-electron chi connectivity index (χ1n) is 9.66. The topological polar surface area (TPSA) is 78.2 Å². The molecule has 1 aliphatic rings. The van der Waals surface area contributed by atoms with E-state index in [1.165, 1.54) is 16.3 Å². The van der Waals surface area contributed by atoms with Crippen molar-refractivity contribution in [3.05, 3.63) is 63.8 Å². The molecule has 7 nitrogen and oxygen atoms in total. The fourth-order valence-corrected chi connectivity index (χ4v) is 4.10. The largest absolute Gasteiger partial charge is 0.483 e. The van der Waals surface area contributed by atoms with Crippen LogP contribution in [0.1, 0.15) is 16.8 Å². The first kappa shape index (κ1) is 23.7. The van der Waals surface area contributed by atoms with E-state index in [0.717, 1.165) is 18.2 Å². The number of nitrogens with one attached hydrogen (secondary N) is 1. The molecule has 0 unspecified atom stereocenters. The molecule has 180 valence electrons. The molecule has 1 N–H and O–H groups in total. The van der Waals surface area contributed by atoms with Gasteiger partial charge in [0, 0.05) is 18.4 Å². The number of benzene rings is 2. The maximum Gasteiger partial charge on any atom is 0.422 e. The Morgan fingerprint density at radius 2 is 1.85 bits per heavy atom. The van der Waals surface area contributed by atoms with Crippen LogP contribution in [0, 0.1) is 17.5 Å². The molecule has 0 spiro atoms. The van der Waals surface area contributed by atoms with E-state index >= 15 is 0 Å². The van der Waals surface area contributed by atoms with Gasteiger partial charge in [0.25, 0.3) is 5.91 Å². The lowest BCUT2D eigenvalue weighted by Crippen LogP contribution is -2.26. The summed E-state index contributed by atoms with van der Waals surface area (Å²) >= 11 is 1.25. The van der Waals surface area contributed by atoms with Crippen LogP contribution in [-0.4, -0.2) is 38.8 Å². The van der Waals surface area contributed by atoms with E-state index in [1.54, 1.807) is 0 Å². The zero-order chi connectivity index (χ0) is 24.6. The molecule has 14 heteroatoms. The predicted octanol–water partition coefficient (Wildman–Crippen LogP) is 4.14. The molecular formula is C20H14F6N4O3S. The first-order chi connectivity index (χ1) is 16.0. The molecule has 3 aromatic rings. The summed E-state index contributed by atoms with van der Waals surface area (Å²) in [6, 6.07) is 3.93. The minimum atomic E-state index is -4.82. The Hall–Kier alpha value is -3.42. The Morgan fingerprint density at radius 3 is 2.50 bits per heavy atom. The zero-order valence-corrected chi connectivity index (χ0v) is 17.8. The monoisotopic (exact) mass is 504 g/mol. The van der Waals surface area contributed by atoms with Crippen molar-refractivity contribution in [2.75, 3.05) is 17.7 Å². The number of carbonyl (C=O) groups excluding carboxylic acids is 1. The Balaban J connectivity index is 1.78. The molecular weight excluding hydrogens is 490 g/mol. The smallest absolute Gasteiger partial charge is 0.422 e. The minimum absolute atomic E-state index is 0.297. The van der Waals surface area contributed by atoms with Crippen LogP contribution >= 0.6 is 11.8 Å². The Kier molecular flexibility index (Phi) is 6.34. The van der Waals surface area contributed by atoms with Gasteiger partial charge in [-0.15, -0.1) is 5.10 Å². The number of para-hydroxylation sites is 1. The highest BCUT2D eigenvalue weighted by atomic mass is 32.2. The maximum atomic E-state index is 15.0. The molecule has 0 radical (unpaired) electrons. The highest BCUT2D eigenvalue weighted by Gasteiger charge is 2.31. The van der Waals surface area contributed by atoms with Crippen molar-refractivity contribution in [1.29, 1.82) is 0 Å². The van der Waals surface area contributed by atoms with Gasteiger partial charge in [0.15, 0.2) is 11.8 Å². The van der Waals surface area contributed by atoms with E-state index in [1.807, 2.05) is 5.32 Å². The van der Waals surface area contributed by atoms with Gasteiger partial charge in [0.1, 0.15) is 34.6 Å². The number of amides is 1. The van der Waals surface area contributed by atoms with Crippen LogP contribution in [0.15, 0.2) is 40.3 Å². The van der Waals surface area contributed by atoms with Crippen molar-refractivity contribution in [2.24, 2.45) is 0 Å². The number of ether oxygens (including phenoxy) is 1. The van der Waals surface area contributed by atoms with Crippen molar-refractivity contribution in [1.82, 2.24) is 14.3 Å². The maximum absolute atomic E-state index is 15.0. The average molecular weight is 504 g/mol. The summed E-state index contributed by atoms with van der Waals surface area (Å²) in [5.74, 6) is -4.94. The number of anilines is 1. The van der Waals surface area contributed by atoms with Crippen LogP contribution in [-0.2, 0) is 6.54 Å². The molecule has 4 rings (SSSR count). The van der Waals surface area contributed by atoms with Crippen LogP contribution < -0.4 is 15.7 Å². The molecule has 0 saturated carbocycles. The molecule has 0 bridgehead atoms. The van der Waals surface area contributed by atoms with Crippen LogP contribution in [0.3, 0.4) is 0 Å². The third-order valence-corrected chi connectivity index (χ3v) is 5.75. The van der Waals surface area contributed by atoms with Gasteiger partial charge in [-0.2, -0.15) is 17.9 Å². The highest BCUT2D eigenvalue weighted by molar-refractivity contribution is 7.99. The van der Waals surface area contributed by atoms with Crippen LogP contribution in [0.4, 0.5) is 32.0 Å². The minimum Gasteiger partial charge on any atom is -0.483 e. The number of carbonyl (C=O) groups is 1. The molecule has 0 atom stereocenters. The number of hydrogen-bond acceptors (Lipinski definition) is 5. The molecule has 0 saturated heterocycles. The van der Waals surface area contributed by atoms with E-state index in [2.05, 4.69) is 9.84 Å². The third-order valence-electron chi connectivity index (χ3n) is 4.70. The Morgan fingerprint density at radius 1 is 1.15 bits per heavy atom. The van der Waals surface area contributed by atoms with E-state index in [-0.39, 0.29) is 0 Å². The van der Waals surface area contributed by atoms with Gasteiger partial charge in [-0.1, -0.05) is 17.8 Å². The van der Waals surface area contributed by atoms with E-state index < -0.39 is 64.5 Å². The van der Waals surface area contributed by atoms with Crippen molar-refractivity contribution >= 4 is 23.4 Å². The molecule has 0 aliphatic carbocycles. The summed E-state index contributed by atoms with van der Waals surface area (Å²) in [4.78, 5) is 25.3. The van der Waals surface area contributed by atoms with Gasteiger partial charge >= 0.3 is 11.9 Å². The quantitative estimate of drug-likeness (QED) is 0.529. The first-order valence-corrected chi connectivity index (χ1v) is 10.6. The van der Waals surface area contributed by atoms with E-state index in [9.17, 15) is 35.9 Å². The lowest BCUT2D eigenvalue weighted by molar-refractivity contribution is -0.153. The van der Waals surface area contributed by atoms with E-state index in [4.69, 9.17) is 0 Å². The average Bonchev–Trinajstić information content (AvgIpc) is 3.11. The number of rotatable bonds is 5. The second-order valence-electron chi connectivity index (χ2n) is 7.09. The molecule has 1 amide bonds. The molecule has 2 aromatic carbocycles. The molecule has 1 aliphatic heterocycles. The van der Waals surface area contributed by atoms with Crippen molar-refractivity contribution in [2.45, 2.75) is 24.3 Å². The predicted molar refractivity (Wildman–Crippen MR) is 109 cm³/mol. The lowest BCUT2D eigenvalue weighted by Gasteiger charge is -2.15. The summed E-state index contributed by atoms with van der Waals surface area (Å²) in [5.41, 5.74) is -2.94. The Labute approximate surface area is 191 Å². The SMILES string of the molecule is O=C(Nc1c(F)cccc1F)c1cc(F)c(-n2nc3n(c2=O)CCCS3)cc1OCC(F)(F)F. The van der Waals surface area contributed by atoms with Crippen molar-refractivity contribution in [3.63, 3.8) is 0 Å². The van der Waals surface area contributed by atoms with Crippen molar-refractivity contribution < 1.29 is 35.9 Å². The number of halogens is 6. The number of hydrogen-bond donors (Lipinski definition) is 1. The van der Waals surface area contributed by atoms with Crippen molar-refractivity contribution in [3.8, 4) is 11.4 Å². The molecule has 0 fully saturated rings. The fourth-order valence-electron chi connectivity index (χ4n) is 3.18. The van der Waals surface area contributed by atoms with Gasteiger partial charge in [0.05, 0.1) is 5.56 Å². The number of alkyl halides is 3. The van der Waals surface area contributed by atoms with Gasteiger partial charge in [0.2, 0.25) is 0 Å². The standard InChI is InChI=1S/C20H14F6N4O3S/c21-11-3-1-4-12(22)16(11)27-17(31)10-7-13(23)14(8-15(10)33-9-20(24,25)26)30-19(32)29-5-2-6-34-18(29)28-30/h1,3-4,7-8H,2,5-6,9H2,(H,27,31). The number of thioether (sulfide) groups is 1. The van der Waals surface area contributed by atoms with Gasteiger partial charge < -0.3 is 10.1 Å². The second kappa shape index (κ2) is 9.08. The number of nitrogens with zero attached hydrogens (tertiary/aromatic N) is 3. The highest BCUT2D eigenvalue weighted by Crippen LogP contribution is 2.30. The molecule has 1 aromatic heterocycles.